The van der Waals surface area contributed by atoms with Crippen LogP contribution in [0.25, 0.3) is 22.3 Å². The van der Waals surface area contributed by atoms with Crippen molar-refractivity contribution in [3.63, 3.8) is 0 Å². The van der Waals surface area contributed by atoms with Gasteiger partial charge in [0.05, 0.1) is 27.5 Å². The second-order valence-electron chi connectivity index (χ2n) is 7.57. The zero-order chi connectivity index (χ0) is 18.7. The average molecular weight is 373 g/mol. The summed E-state index contributed by atoms with van der Waals surface area (Å²) in [4.78, 5) is 7.57. The monoisotopic (exact) mass is 372 g/mol. The summed E-state index contributed by atoms with van der Waals surface area (Å²) in [5.74, 6) is -0.379. The molecule has 1 aliphatic rings. The van der Waals surface area contributed by atoms with Crippen molar-refractivity contribution in [3.05, 3.63) is 47.4 Å². The van der Waals surface area contributed by atoms with Crippen molar-refractivity contribution in [2.24, 2.45) is 0 Å². The Kier molecular flexibility index (Phi) is 3.92. The fraction of sp³-hybridized carbons (Fsp3) is 0.316. The van der Waals surface area contributed by atoms with Gasteiger partial charge >= 0.3 is 7.12 Å². The van der Waals surface area contributed by atoms with E-state index in [0.29, 0.717) is 21.9 Å². The number of H-pyrrole nitrogens is 1. The van der Waals surface area contributed by atoms with Crippen LogP contribution in [-0.4, -0.2) is 28.3 Å². The fourth-order valence-corrected chi connectivity index (χ4v) is 3.30. The molecule has 0 spiro atoms. The van der Waals surface area contributed by atoms with Crippen molar-refractivity contribution in [1.82, 2.24) is 9.97 Å². The molecule has 1 aliphatic heterocycles. The molecular formula is C19H19BClFN2O2. The number of benzene rings is 1. The maximum absolute atomic E-state index is 14.2. The second kappa shape index (κ2) is 5.81. The lowest BCUT2D eigenvalue weighted by Crippen LogP contribution is -2.41. The zero-order valence-corrected chi connectivity index (χ0v) is 15.8. The topological polar surface area (TPSA) is 47.1 Å². The minimum atomic E-state index is -0.493. The normalized spacial score (nSPS) is 18.6. The molecule has 4 rings (SSSR count). The Morgan fingerprint density at radius 2 is 1.81 bits per heavy atom. The van der Waals surface area contributed by atoms with Crippen LogP contribution in [0.5, 0.6) is 0 Å². The molecule has 1 aromatic carbocycles. The molecule has 2 aromatic heterocycles. The average Bonchev–Trinajstić information content (AvgIpc) is 3.04. The number of nitrogens with zero attached hydrogens (tertiary/aromatic N) is 1. The molecule has 1 saturated heterocycles. The van der Waals surface area contributed by atoms with Gasteiger partial charge in [0, 0.05) is 17.0 Å². The Bertz CT molecular complexity index is 966. The smallest absolute Gasteiger partial charge is 0.399 e. The zero-order valence-electron chi connectivity index (χ0n) is 15.1. The Morgan fingerprint density at radius 3 is 2.46 bits per heavy atom. The van der Waals surface area contributed by atoms with Crippen LogP contribution in [0.4, 0.5) is 4.39 Å². The van der Waals surface area contributed by atoms with Crippen molar-refractivity contribution >= 4 is 35.2 Å². The summed E-state index contributed by atoms with van der Waals surface area (Å²) in [6, 6.07) is 8.41. The lowest BCUT2D eigenvalue weighted by molar-refractivity contribution is 0.00578. The van der Waals surface area contributed by atoms with Crippen LogP contribution in [-0.2, 0) is 9.31 Å². The molecule has 3 heterocycles. The SMILES string of the molecule is CC1(C)OB(c2cnc3[nH]c(-c4c(F)cccc4Cl)cc3c2)OC1(C)C. The lowest BCUT2D eigenvalue weighted by Gasteiger charge is -2.32. The lowest BCUT2D eigenvalue weighted by atomic mass is 9.80. The van der Waals surface area contributed by atoms with Gasteiger partial charge in [-0.05, 0) is 52.0 Å². The molecule has 7 heteroatoms. The van der Waals surface area contributed by atoms with E-state index < -0.39 is 18.3 Å². The van der Waals surface area contributed by atoms with Crippen LogP contribution in [0.15, 0.2) is 36.5 Å². The van der Waals surface area contributed by atoms with Crippen LogP contribution in [0, 0.1) is 5.82 Å². The Balaban J connectivity index is 1.74. The molecule has 0 aliphatic carbocycles. The van der Waals surface area contributed by atoms with Gasteiger partial charge in [0.2, 0.25) is 0 Å². The molecule has 3 aromatic rings. The summed E-state index contributed by atoms with van der Waals surface area (Å²) in [5, 5.41) is 1.19. The summed E-state index contributed by atoms with van der Waals surface area (Å²) < 4.78 is 26.3. The van der Waals surface area contributed by atoms with E-state index >= 15 is 0 Å². The molecule has 0 saturated carbocycles. The van der Waals surface area contributed by atoms with E-state index in [-0.39, 0.29) is 5.82 Å². The second-order valence-corrected chi connectivity index (χ2v) is 7.98. The third-order valence-corrected chi connectivity index (χ3v) is 5.56. The Hall–Kier alpha value is -1.89. The van der Waals surface area contributed by atoms with E-state index in [4.69, 9.17) is 20.9 Å². The van der Waals surface area contributed by atoms with Crippen LogP contribution < -0.4 is 5.46 Å². The van der Waals surface area contributed by atoms with Crippen LogP contribution in [0.2, 0.25) is 5.02 Å². The highest BCUT2D eigenvalue weighted by atomic mass is 35.5. The van der Waals surface area contributed by atoms with Gasteiger partial charge < -0.3 is 14.3 Å². The third kappa shape index (κ3) is 2.73. The molecule has 0 atom stereocenters. The number of aromatic nitrogens is 2. The Morgan fingerprint density at radius 1 is 1.12 bits per heavy atom. The molecule has 0 amide bonds. The Labute approximate surface area is 156 Å². The molecule has 1 N–H and O–H groups in total. The number of pyridine rings is 1. The number of hydrogen-bond donors (Lipinski definition) is 1. The maximum atomic E-state index is 14.2. The minimum Gasteiger partial charge on any atom is -0.399 e. The predicted molar refractivity (Wildman–Crippen MR) is 102 cm³/mol. The number of halogens is 2. The first-order chi connectivity index (χ1) is 12.2. The highest BCUT2D eigenvalue weighted by molar-refractivity contribution is 6.62. The summed E-state index contributed by atoms with van der Waals surface area (Å²) in [5.41, 5.74) is 1.56. The number of nitrogens with one attached hydrogen (secondary N) is 1. The van der Waals surface area contributed by atoms with Gasteiger partial charge in [-0.1, -0.05) is 17.7 Å². The van der Waals surface area contributed by atoms with E-state index in [1.807, 2.05) is 39.8 Å². The van der Waals surface area contributed by atoms with Gasteiger partial charge in [0.1, 0.15) is 11.5 Å². The van der Waals surface area contributed by atoms with Crippen LogP contribution in [0.1, 0.15) is 27.7 Å². The van der Waals surface area contributed by atoms with E-state index in [1.165, 1.54) is 6.07 Å². The van der Waals surface area contributed by atoms with E-state index in [0.717, 1.165) is 10.8 Å². The van der Waals surface area contributed by atoms with Gasteiger partial charge in [0.25, 0.3) is 0 Å². The largest absolute Gasteiger partial charge is 0.496 e. The summed E-state index contributed by atoms with van der Waals surface area (Å²) in [6.07, 6.45) is 1.72. The maximum Gasteiger partial charge on any atom is 0.496 e. The van der Waals surface area contributed by atoms with E-state index in [9.17, 15) is 4.39 Å². The van der Waals surface area contributed by atoms with Crippen LogP contribution >= 0.6 is 11.6 Å². The van der Waals surface area contributed by atoms with Crippen LogP contribution in [0.3, 0.4) is 0 Å². The van der Waals surface area contributed by atoms with E-state index in [2.05, 4.69) is 9.97 Å². The molecule has 0 radical (unpaired) electrons. The summed E-state index contributed by atoms with van der Waals surface area (Å²) in [7, 11) is -0.493. The molecule has 0 unspecified atom stereocenters. The highest BCUT2D eigenvalue weighted by Crippen LogP contribution is 2.37. The first kappa shape index (κ1) is 17.5. The molecular weight excluding hydrogens is 353 g/mol. The minimum absolute atomic E-state index is 0.337. The predicted octanol–water partition coefficient (Wildman–Crippen LogP) is 4.32. The van der Waals surface area contributed by atoms with Gasteiger partial charge in [-0.2, -0.15) is 0 Å². The van der Waals surface area contributed by atoms with Crippen molar-refractivity contribution in [1.29, 1.82) is 0 Å². The molecule has 26 heavy (non-hydrogen) atoms. The number of hydrogen-bond acceptors (Lipinski definition) is 3. The van der Waals surface area contributed by atoms with Crippen molar-refractivity contribution in [2.45, 2.75) is 38.9 Å². The molecule has 0 bridgehead atoms. The number of rotatable bonds is 2. The number of fused-ring (bicyclic) bond motifs is 1. The summed E-state index contributed by atoms with van der Waals surface area (Å²) >= 11 is 6.17. The van der Waals surface area contributed by atoms with Gasteiger partial charge in [0.15, 0.2) is 0 Å². The first-order valence-electron chi connectivity index (χ1n) is 8.47. The molecule has 1 fully saturated rings. The van der Waals surface area contributed by atoms with Gasteiger partial charge in [-0.25, -0.2) is 9.37 Å². The highest BCUT2D eigenvalue weighted by Gasteiger charge is 2.51. The quantitative estimate of drug-likeness (QED) is 0.681. The van der Waals surface area contributed by atoms with Gasteiger partial charge in [-0.15, -0.1) is 0 Å². The van der Waals surface area contributed by atoms with Crippen molar-refractivity contribution < 1.29 is 13.7 Å². The standard InChI is InChI=1S/C19H19BClFN2O2/c1-18(2)19(3,4)26-20(25-18)12-8-11-9-15(24-17(11)23-10-12)16-13(21)6-5-7-14(16)22/h5-10H,1-4H3,(H,23,24). The number of aromatic amines is 1. The summed E-state index contributed by atoms with van der Waals surface area (Å²) in [6.45, 7) is 8.03. The van der Waals surface area contributed by atoms with Crippen molar-refractivity contribution in [3.8, 4) is 11.3 Å². The molecule has 134 valence electrons. The molecule has 4 nitrogen and oxygen atoms in total. The third-order valence-electron chi connectivity index (χ3n) is 5.25. The van der Waals surface area contributed by atoms with E-state index in [1.54, 1.807) is 18.3 Å². The fourth-order valence-electron chi connectivity index (χ4n) is 3.03. The van der Waals surface area contributed by atoms with Crippen molar-refractivity contribution in [2.75, 3.05) is 0 Å². The first-order valence-corrected chi connectivity index (χ1v) is 8.84. The van der Waals surface area contributed by atoms with Gasteiger partial charge in [-0.3, -0.25) is 0 Å².